The normalized spacial score (nSPS) is 11.0. The first-order valence-corrected chi connectivity index (χ1v) is 7.75. The van der Waals surface area contributed by atoms with Gasteiger partial charge < -0.3 is 10.6 Å². The summed E-state index contributed by atoms with van der Waals surface area (Å²) in [5, 5.41) is 8.34. The van der Waals surface area contributed by atoms with Crippen LogP contribution in [0.15, 0.2) is 30.3 Å². The molecule has 0 fully saturated rings. The molecule has 0 aliphatic heterocycles. The van der Waals surface area contributed by atoms with E-state index in [4.69, 9.17) is 5.73 Å². The number of amides is 1. The van der Waals surface area contributed by atoms with Crippen molar-refractivity contribution in [3.05, 3.63) is 41.7 Å². The van der Waals surface area contributed by atoms with Crippen molar-refractivity contribution in [1.29, 1.82) is 0 Å². The minimum atomic E-state index is -0.0961. The van der Waals surface area contributed by atoms with Crippen LogP contribution in [-0.2, 0) is 11.2 Å². The zero-order chi connectivity index (χ0) is 17.0. The number of aromatic nitrogens is 3. The highest BCUT2D eigenvalue weighted by Crippen LogP contribution is 2.16. The lowest BCUT2D eigenvalue weighted by molar-refractivity contribution is -0.130. The summed E-state index contributed by atoms with van der Waals surface area (Å²) in [6.45, 7) is 7.18. The number of benzene rings is 1. The van der Waals surface area contributed by atoms with E-state index in [0.29, 0.717) is 18.8 Å². The van der Waals surface area contributed by atoms with Crippen LogP contribution in [0.4, 0.5) is 0 Å². The zero-order valence-electron chi connectivity index (χ0n) is 14.7. The Bertz CT molecular complexity index is 669. The second-order valence-corrected chi connectivity index (χ2v) is 6.66. The number of carbonyl (C=O) groups is 1. The molecule has 1 aromatic heterocycles. The van der Waals surface area contributed by atoms with Crippen LogP contribution in [0.3, 0.4) is 0 Å². The molecule has 2 rings (SSSR count). The summed E-state index contributed by atoms with van der Waals surface area (Å²) in [6.07, 6.45) is 0.246. The smallest absolute Gasteiger partial charge is 0.228 e. The fourth-order valence-corrected chi connectivity index (χ4v) is 2.41. The third kappa shape index (κ3) is 4.79. The lowest BCUT2D eigenvalue weighted by Gasteiger charge is -2.29. The Hall–Kier alpha value is -1.92. The minimum absolute atomic E-state index is 0. The fourth-order valence-electron chi connectivity index (χ4n) is 2.41. The van der Waals surface area contributed by atoms with Gasteiger partial charge in [0.2, 0.25) is 5.91 Å². The van der Waals surface area contributed by atoms with Crippen molar-refractivity contribution in [2.24, 2.45) is 11.1 Å². The van der Waals surface area contributed by atoms with Gasteiger partial charge in [0.15, 0.2) is 0 Å². The van der Waals surface area contributed by atoms with Crippen molar-refractivity contribution < 1.29 is 4.79 Å². The summed E-state index contributed by atoms with van der Waals surface area (Å²) in [5.74, 6) is 0.0229. The highest BCUT2D eigenvalue weighted by molar-refractivity contribution is 5.85. The Morgan fingerprint density at radius 1 is 1.29 bits per heavy atom. The average molecular weight is 352 g/mol. The van der Waals surface area contributed by atoms with Crippen LogP contribution >= 0.6 is 12.4 Å². The molecule has 0 aliphatic rings. The quantitative estimate of drug-likeness (QED) is 0.863. The molecule has 2 aromatic rings. The molecule has 0 radical (unpaired) electrons. The first kappa shape index (κ1) is 20.1. The van der Waals surface area contributed by atoms with Crippen molar-refractivity contribution in [3.63, 3.8) is 0 Å². The maximum absolute atomic E-state index is 12.4. The van der Waals surface area contributed by atoms with Crippen molar-refractivity contribution >= 4 is 18.3 Å². The van der Waals surface area contributed by atoms with Gasteiger partial charge in [0.05, 0.1) is 23.5 Å². The molecule has 0 unspecified atom stereocenters. The van der Waals surface area contributed by atoms with Crippen LogP contribution in [0.25, 0.3) is 5.69 Å². The SMILES string of the molecule is Cc1c(CC(=O)N(C)CC(C)(C)CN)nnn1-c1ccccc1.Cl. The van der Waals surface area contributed by atoms with Gasteiger partial charge in [0, 0.05) is 13.6 Å². The van der Waals surface area contributed by atoms with Crippen molar-refractivity contribution in [3.8, 4) is 5.69 Å². The van der Waals surface area contributed by atoms with Crippen molar-refractivity contribution in [1.82, 2.24) is 19.9 Å². The van der Waals surface area contributed by atoms with Gasteiger partial charge in [-0.25, -0.2) is 4.68 Å². The van der Waals surface area contributed by atoms with Gasteiger partial charge in [-0.3, -0.25) is 4.79 Å². The van der Waals surface area contributed by atoms with E-state index in [9.17, 15) is 4.79 Å². The van der Waals surface area contributed by atoms with E-state index in [-0.39, 0.29) is 30.2 Å². The van der Waals surface area contributed by atoms with E-state index in [2.05, 4.69) is 10.3 Å². The van der Waals surface area contributed by atoms with Gasteiger partial charge in [-0.1, -0.05) is 37.3 Å². The average Bonchev–Trinajstić information content (AvgIpc) is 2.88. The Morgan fingerprint density at radius 3 is 2.50 bits per heavy atom. The number of nitrogens with zero attached hydrogens (tertiary/aromatic N) is 4. The lowest BCUT2D eigenvalue weighted by atomic mass is 9.93. The Balaban J connectivity index is 0.00000288. The van der Waals surface area contributed by atoms with E-state index in [1.54, 1.807) is 16.6 Å². The number of likely N-dealkylation sites (N-methyl/N-ethyl adjacent to an activating group) is 1. The van der Waals surface area contributed by atoms with Gasteiger partial charge >= 0.3 is 0 Å². The van der Waals surface area contributed by atoms with Crippen LogP contribution in [0.5, 0.6) is 0 Å². The van der Waals surface area contributed by atoms with Crippen molar-refractivity contribution in [2.45, 2.75) is 27.2 Å². The number of nitrogens with two attached hydrogens (primary N) is 1. The standard InChI is InChI=1S/C17H25N5O.ClH/c1-13-15(10-16(23)21(4)12-17(2,3)11-18)19-20-22(13)14-8-6-5-7-9-14;/h5-9H,10-12,18H2,1-4H3;1H. The summed E-state index contributed by atoms with van der Waals surface area (Å²) < 4.78 is 1.76. The van der Waals surface area contributed by atoms with Crippen LogP contribution in [0.1, 0.15) is 25.2 Å². The third-order valence-corrected chi connectivity index (χ3v) is 3.95. The van der Waals surface area contributed by atoms with Crippen molar-refractivity contribution in [2.75, 3.05) is 20.1 Å². The molecule has 24 heavy (non-hydrogen) atoms. The highest BCUT2D eigenvalue weighted by atomic mass is 35.5. The first-order valence-electron chi connectivity index (χ1n) is 7.75. The zero-order valence-corrected chi connectivity index (χ0v) is 15.5. The molecule has 0 spiro atoms. The van der Waals surface area contributed by atoms with Gasteiger partial charge in [0.25, 0.3) is 0 Å². The van der Waals surface area contributed by atoms with E-state index in [1.807, 2.05) is 51.1 Å². The first-order chi connectivity index (χ1) is 10.8. The van der Waals surface area contributed by atoms with Crippen LogP contribution in [0, 0.1) is 12.3 Å². The maximum Gasteiger partial charge on any atom is 0.228 e. The van der Waals surface area contributed by atoms with E-state index >= 15 is 0 Å². The predicted molar refractivity (Wildman–Crippen MR) is 97.5 cm³/mol. The lowest BCUT2D eigenvalue weighted by Crippen LogP contribution is -2.40. The number of para-hydroxylation sites is 1. The molecule has 0 saturated heterocycles. The summed E-state index contributed by atoms with van der Waals surface area (Å²) in [7, 11) is 1.80. The molecule has 0 saturated carbocycles. The Kier molecular flexibility index (Phi) is 6.93. The van der Waals surface area contributed by atoms with E-state index in [1.165, 1.54) is 0 Å². The second-order valence-electron chi connectivity index (χ2n) is 6.66. The predicted octanol–water partition coefficient (Wildman–Crippen LogP) is 1.98. The molecule has 1 aromatic carbocycles. The van der Waals surface area contributed by atoms with E-state index in [0.717, 1.165) is 11.4 Å². The Labute approximate surface area is 149 Å². The largest absolute Gasteiger partial charge is 0.345 e. The van der Waals surface area contributed by atoms with Crippen LogP contribution in [0.2, 0.25) is 0 Å². The summed E-state index contributed by atoms with van der Waals surface area (Å²) >= 11 is 0. The Morgan fingerprint density at radius 2 is 1.92 bits per heavy atom. The van der Waals surface area contributed by atoms with E-state index < -0.39 is 0 Å². The molecule has 1 amide bonds. The molecular formula is C17H26ClN5O. The number of hydrogen-bond acceptors (Lipinski definition) is 4. The molecule has 0 bridgehead atoms. The molecule has 6 nitrogen and oxygen atoms in total. The molecule has 0 atom stereocenters. The van der Waals surface area contributed by atoms with Crippen LogP contribution < -0.4 is 5.73 Å². The maximum atomic E-state index is 12.4. The molecule has 1 heterocycles. The topological polar surface area (TPSA) is 77.0 Å². The molecule has 132 valence electrons. The second kappa shape index (κ2) is 8.26. The monoisotopic (exact) mass is 351 g/mol. The highest BCUT2D eigenvalue weighted by Gasteiger charge is 2.22. The summed E-state index contributed by atoms with van der Waals surface area (Å²) in [6, 6.07) is 9.77. The summed E-state index contributed by atoms with van der Waals surface area (Å²) in [5.41, 5.74) is 8.17. The van der Waals surface area contributed by atoms with Gasteiger partial charge in [-0.15, -0.1) is 17.5 Å². The molecular weight excluding hydrogens is 326 g/mol. The fraction of sp³-hybridized carbons (Fsp3) is 0.471. The van der Waals surface area contributed by atoms with Gasteiger partial charge in [-0.05, 0) is 31.0 Å². The van der Waals surface area contributed by atoms with Gasteiger partial charge in [0.1, 0.15) is 0 Å². The number of carbonyl (C=O) groups excluding carboxylic acids is 1. The number of halogens is 1. The number of hydrogen-bond donors (Lipinski definition) is 1. The van der Waals surface area contributed by atoms with Crippen LogP contribution in [-0.4, -0.2) is 45.9 Å². The molecule has 7 heteroatoms. The molecule has 2 N–H and O–H groups in total. The molecule has 0 aliphatic carbocycles. The minimum Gasteiger partial charge on any atom is -0.345 e. The summed E-state index contributed by atoms with van der Waals surface area (Å²) in [4.78, 5) is 14.1. The third-order valence-electron chi connectivity index (χ3n) is 3.95. The number of rotatable bonds is 6. The van der Waals surface area contributed by atoms with Gasteiger partial charge in [-0.2, -0.15) is 0 Å².